The molecule has 0 bridgehead atoms. The van der Waals surface area contributed by atoms with E-state index in [2.05, 4.69) is 5.10 Å². The Hall–Kier alpha value is -2.10. The zero-order chi connectivity index (χ0) is 13.8. The lowest BCUT2D eigenvalue weighted by molar-refractivity contribution is 0.0862. The molecule has 0 amide bonds. The maximum Gasteiger partial charge on any atom is 0.250 e. The summed E-state index contributed by atoms with van der Waals surface area (Å²) in [6.07, 6.45) is 0.316. The van der Waals surface area contributed by atoms with Gasteiger partial charge in [0.2, 0.25) is 0 Å². The van der Waals surface area contributed by atoms with Crippen molar-refractivity contribution in [2.24, 2.45) is 0 Å². The summed E-state index contributed by atoms with van der Waals surface area (Å²) in [5.41, 5.74) is 2.78. The molecule has 2 aromatic rings. The molecule has 0 aliphatic rings. The van der Waals surface area contributed by atoms with E-state index in [-0.39, 0.29) is 5.91 Å². The predicted octanol–water partition coefficient (Wildman–Crippen LogP) is 2.92. The second-order valence-electron chi connectivity index (χ2n) is 4.60. The minimum absolute atomic E-state index is 0.0424. The molecule has 4 heteroatoms. The van der Waals surface area contributed by atoms with Crippen molar-refractivity contribution in [1.82, 2.24) is 9.78 Å². The average Bonchev–Trinajstić information content (AvgIpc) is 2.71. The van der Waals surface area contributed by atoms with Crippen LogP contribution in [0.3, 0.4) is 0 Å². The van der Waals surface area contributed by atoms with Gasteiger partial charge in [-0.25, -0.2) is 4.68 Å². The fourth-order valence-corrected chi connectivity index (χ4v) is 1.95. The van der Waals surface area contributed by atoms with Crippen molar-refractivity contribution >= 4 is 5.91 Å². The van der Waals surface area contributed by atoms with Crippen LogP contribution in [0.15, 0.2) is 30.3 Å². The first kappa shape index (κ1) is 13.3. The number of carbonyl (C=O) groups excluding carboxylic acids is 1. The van der Waals surface area contributed by atoms with Crippen LogP contribution in [0.4, 0.5) is 0 Å². The second kappa shape index (κ2) is 5.69. The number of aromatic nitrogens is 2. The summed E-state index contributed by atoms with van der Waals surface area (Å²) in [6, 6.07) is 9.66. The van der Waals surface area contributed by atoms with Gasteiger partial charge in [-0.3, -0.25) is 4.79 Å². The van der Waals surface area contributed by atoms with E-state index in [1.807, 2.05) is 51.1 Å². The van der Waals surface area contributed by atoms with Gasteiger partial charge in [-0.15, -0.1) is 0 Å². The fourth-order valence-electron chi connectivity index (χ4n) is 1.95. The largest absolute Gasteiger partial charge is 0.493 e. The maximum atomic E-state index is 12.0. The molecule has 0 aliphatic carbocycles. The zero-order valence-electron chi connectivity index (χ0n) is 11.5. The minimum atomic E-state index is -0.0424. The number of ether oxygens (including phenoxy) is 1. The molecule has 0 saturated heterocycles. The number of para-hydroxylation sites is 1. The standard InChI is InChI=1S/C15H18N2O2/c1-11-6-4-5-7-14(11)19-9-8-15(18)17-13(3)10-12(2)16-17/h4-7,10H,8-9H2,1-3H3. The van der Waals surface area contributed by atoms with E-state index in [9.17, 15) is 4.79 Å². The van der Waals surface area contributed by atoms with Crippen molar-refractivity contribution in [3.05, 3.63) is 47.3 Å². The van der Waals surface area contributed by atoms with E-state index < -0.39 is 0 Å². The number of nitrogens with zero attached hydrogens (tertiary/aromatic N) is 2. The Labute approximate surface area is 113 Å². The molecule has 0 unspecified atom stereocenters. The molecule has 4 nitrogen and oxygen atoms in total. The molecule has 19 heavy (non-hydrogen) atoms. The van der Waals surface area contributed by atoms with Gasteiger partial charge in [0.15, 0.2) is 0 Å². The molecular weight excluding hydrogens is 240 g/mol. The predicted molar refractivity (Wildman–Crippen MR) is 73.6 cm³/mol. The van der Waals surface area contributed by atoms with E-state index in [4.69, 9.17) is 4.74 Å². The van der Waals surface area contributed by atoms with Crippen LogP contribution in [0.25, 0.3) is 0 Å². The van der Waals surface area contributed by atoms with E-state index in [0.29, 0.717) is 13.0 Å². The molecule has 2 rings (SSSR count). The summed E-state index contributed by atoms with van der Waals surface area (Å²) in [7, 11) is 0. The molecule has 0 aliphatic heterocycles. The van der Waals surface area contributed by atoms with Crippen LogP contribution >= 0.6 is 0 Å². The normalized spacial score (nSPS) is 10.5. The van der Waals surface area contributed by atoms with Crippen LogP contribution in [-0.2, 0) is 0 Å². The van der Waals surface area contributed by atoms with Gasteiger partial charge in [-0.05, 0) is 38.5 Å². The number of hydrogen-bond acceptors (Lipinski definition) is 3. The number of carbonyl (C=O) groups is 1. The van der Waals surface area contributed by atoms with Crippen molar-refractivity contribution in [3.8, 4) is 5.75 Å². The monoisotopic (exact) mass is 258 g/mol. The zero-order valence-corrected chi connectivity index (χ0v) is 11.5. The highest BCUT2D eigenvalue weighted by atomic mass is 16.5. The van der Waals surface area contributed by atoms with Crippen molar-refractivity contribution in [3.63, 3.8) is 0 Å². The highest BCUT2D eigenvalue weighted by Gasteiger charge is 2.10. The van der Waals surface area contributed by atoms with E-state index in [1.165, 1.54) is 4.68 Å². The molecule has 0 fully saturated rings. The summed E-state index contributed by atoms with van der Waals surface area (Å²) in [5.74, 6) is 0.780. The SMILES string of the molecule is Cc1cc(C)n(C(=O)CCOc2ccccc2C)n1. The second-order valence-corrected chi connectivity index (χ2v) is 4.60. The van der Waals surface area contributed by atoms with Gasteiger partial charge in [-0.1, -0.05) is 18.2 Å². The first-order valence-electron chi connectivity index (χ1n) is 6.33. The molecule has 0 spiro atoms. The molecule has 0 atom stereocenters. The Kier molecular flexibility index (Phi) is 4.00. The quantitative estimate of drug-likeness (QED) is 0.847. The third kappa shape index (κ3) is 3.22. The number of benzene rings is 1. The summed E-state index contributed by atoms with van der Waals surface area (Å²) in [6.45, 7) is 6.10. The van der Waals surface area contributed by atoms with Crippen LogP contribution in [0.2, 0.25) is 0 Å². The van der Waals surface area contributed by atoms with Crippen molar-refractivity contribution in [1.29, 1.82) is 0 Å². The molecule has 1 aromatic carbocycles. The maximum absolute atomic E-state index is 12.0. The van der Waals surface area contributed by atoms with Crippen molar-refractivity contribution < 1.29 is 9.53 Å². The topological polar surface area (TPSA) is 44.1 Å². The molecule has 1 heterocycles. The first-order chi connectivity index (χ1) is 9.08. The van der Waals surface area contributed by atoms with Crippen LogP contribution in [0.5, 0.6) is 5.75 Å². The van der Waals surface area contributed by atoms with Gasteiger partial charge in [-0.2, -0.15) is 5.10 Å². The summed E-state index contributed by atoms with van der Waals surface area (Å²) in [4.78, 5) is 12.0. The van der Waals surface area contributed by atoms with E-state index >= 15 is 0 Å². The summed E-state index contributed by atoms with van der Waals surface area (Å²) < 4.78 is 7.05. The van der Waals surface area contributed by atoms with Gasteiger partial charge < -0.3 is 4.74 Å². The molecule has 1 aromatic heterocycles. The highest BCUT2D eigenvalue weighted by Crippen LogP contribution is 2.16. The van der Waals surface area contributed by atoms with E-state index in [1.54, 1.807) is 0 Å². The Morgan fingerprint density at radius 2 is 2.00 bits per heavy atom. The lowest BCUT2D eigenvalue weighted by Crippen LogP contribution is -2.17. The van der Waals surface area contributed by atoms with Crippen LogP contribution in [0, 0.1) is 20.8 Å². The number of hydrogen-bond donors (Lipinski definition) is 0. The van der Waals surface area contributed by atoms with Crippen LogP contribution in [0.1, 0.15) is 28.2 Å². The fraction of sp³-hybridized carbons (Fsp3) is 0.333. The summed E-state index contributed by atoms with van der Waals surface area (Å²) >= 11 is 0. The molecular formula is C15H18N2O2. The molecule has 100 valence electrons. The van der Waals surface area contributed by atoms with Crippen molar-refractivity contribution in [2.45, 2.75) is 27.2 Å². The van der Waals surface area contributed by atoms with Gasteiger partial charge in [0.05, 0.1) is 18.7 Å². The highest BCUT2D eigenvalue weighted by molar-refractivity contribution is 5.78. The Morgan fingerprint density at radius 1 is 1.26 bits per heavy atom. The van der Waals surface area contributed by atoms with Gasteiger partial charge >= 0.3 is 0 Å². The lowest BCUT2D eigenvalue weighted by Gasteiger charge is -2.08. The third-order valence-electron chi connectivity index (χ3n) is 2.91. The minimum Gasteiger partial charge on any atom is -0.493 e. The third-order valence-corrected chi connectivity index (χ3v) is 2.91. The average molecular weight is 258 g/mol. The van der Waals surface area contributed by atoms with Crippen LogP contribution < -0.4 is 4.74 Å². The van der Waals surface area contributed by atoms with Gasteiger partial charge in [0, 0.05) is 5.69 Å². The van der Waals surface area contributed by atoms with Gasteiger partial charge in [0.1, 0.15) is 5.75 Å². The van der Waals surface area contributed by atoms with Gasteiger partial charge in [0.25, 0.3) is 5.91 Å². The Balaban J connectivity index is 1.91. The number of rotatable bonds is 4. The Morgan fingerprint density at radius 3 is 2.63 bits per heavy atom. The number of aryl methyl sites for hydroxylation is 3. The first-order valence-corrected chi connectivity index (χ1v) is 6.33. The van der Waals surface area contributed by atoms with Crippen molar-refractivity contribution in [2.75, 3.05) is 6.61 Å². The van der Waals surface area contributed by atoms with Crippen LogP contribution in [-0.4, -0.2) is 22.3 Å². The lowest BCUT2D eigenvalue weighted by atomic mass is 10.2. The van der Waals surface area contributed by atoms with E-state index in [0.717, 1.165) is 22.7 Å². The smallest absolute Gasteiger partial charge is 0.250 e. The molecule has 0 N–H and O–H groups in total. The Bertz CT molecular complexity index is 588. The molecule has 0 radical (unpaired) electrons. The summed E-state index contributed by atoms with van der Waals surface area (Å²) in [5, 5.41) is 4.16. The molecule has 0 saturated carbocycles.